The molecule has 0 aliphatic heterocycles. The van der Waals surface area contributed by atoms with Crippen LogP contribution in [-0.4, -0.2) is 18.3 Å². The van der Waals surface area contributed by atoms with Crippen molar-refractivity contribution in [1.29, 1.82) is 0 Å². The first-order valence-electron chi connectivity index (χ1n) is 6.27. The van der Waals surface area contributed by atoms with Crippen LogP contribution in [0.1, 0.15) is 41.8 Å². The van der Waals surface area contributed by atoms with E-state index in [1.54, 1.807) is 0 Å². The largest absolute Gasteiger partial charge is 0.351 e. The number of carbonyl (C=O) groups is 1. The van der Waals surface area contributed by atoms with Gasteiger partial charge in [0.05, 0.1) is 0 Å². The Balaban J connectivity index is 2.66. The van der Waals surface area contributed by atoms with E-state index in [1.807, 2.05) is 32.0 Å². The SMILES string of the molecule is Cc1ccc(C(=O)NCC(C)(C)CCCl)c(C)c1. The molecule has 0 spiro atoms. The van der Waals surface area contributed by atoms with Crippen molar-refractivity contribution in [2.24, 2.45) is 5.41 Å². The highest BCUT2D eigenvalue weighted by molar-refractivity contribution is 6.17. The van der Waals surface area contributed by atoms with E-state index in [2.05, 4.69) is 19.2 Å². The molecule has 0 aliphatic carbocycles. The molecule has 100 valence electrons. The van der Waals surface area contributed by atoms with Crippen molar-refractivity contribution < 1.29 is 4.79 Å². The molecule has 0 aliphatic rings. The molecule has 0 heterocycles. The van der Waals surface area contributed by atoms with Crippen LogP contribution in [0, 0.1) is 19.3 Å². The van der Waals surface area contributed by atoms with E-state index in [4.69, 9.17) is 11.6 Å². The zero-order valence-corrected chi connectivity index (χ0v) is 12.4. The fourth-order valence-electron chi connectivity index (χ4n) is 1.83. The molecular formula is C15H22ClNO. The van der Waals surface area contributed by atoms with Crippen LogP contribution < -0.4 is 5.32 Å². The summed E-state index contributed by atoms with van der Waals surface area (Å²) < 4.78 is 0. The van der Waals surface area contributed by atoms with Crippen LogP contribution in [0.25, 0.3) is 0 Å². The zero-order valence-electron chi connectivity index (χ0n) is 11.6. The standard InChI is InChI=1S/C15H22ClNO/c1-11-5-6-13(12(2)9-11)14(18)17-10-15(3,4)7-8-16/h5-6,9H,7-8,10H2,1-4H3,(H,17,18). The number of nitrogens with one attached hydrogen (secondary N) is 1. The van der Waals surface area contributed by atoms with Gasteiger partial charge < -0.3 is 5.32 Å². The van der Waals surface area contributed by atoms with Gasteiger partial charge in [-0.05, 0) is 37.3 Å². The molecule has 0 saturated heterocycles. The molecule has 0 bridgehead atoms. The Hall–Kier alpha value is -1.02. The third-order valence-electron chi connectivity index (χ3n) is 3.13. The lowest BCUT2D eigenvalue weighted by molar-refractivity contribution is 0.0935. The maximum Gasteiger partial charge on any atom is 0.251 e. The highest BCUT2D eigenvalue weighted by atomic mass is 35.5. The van der Waals surface area contributed by atoms with Gasteiger partial charge in [0.2, 0.25) is 0 Å². The van der Waals surface area contributed by atoms with E-state index in [9.17, 15) is 4.79 Å². The number of rotatable bonds is 5. The van der Waals surface area contributed by atoms with Crippen molar-refractivity contribution in [3.05, 3.63) is 34.9 Å². The lowest BCUT2D eigenvalue weighted by Gasteiger charge is -2.24. The molecule has 1 N–H and O–H groups in total. The minimum atomic E-state index is -0.00449. The minimum absolute atomic E-state index is 0.00449. The first-order valence-corrected chi connectivity index (χ1v) is 6.80. The molecule has 2 nitrogen and oxygen atoms in total. The number of alkyl halides is 1. The number of hydrogen-bond acceptors (Lipinski definition) is 1. The summed E-state index contributed by atoms with van der Waals surface area (Å²) in [5, 5.41) is 2.99. The van der Waals surface area contributed by atoms with Gasteiger partial charge in [0.15, 0.2) is 0 Å². The molecule has 1 aromatic carbocycles. The predicted molar refractivity (Wildman–Crippen MR) is 77.4 cm³/mol. The summed E-state index contributed by atoms with van der Waals surface area (Å²) in [4.78, 5) is 12.1. The minimum Gasteiger partial charge on any atom is -0.351 e. The predicted octanol–water partition coefficient (Wildman–Crippen LogP) is 3.69. The highest BCUT2D eigenvalue weighted by Gasteiger charge is 2.19. The highest BCUT2D eigenvalue weighted by Crippen LogP contribution is 2.20. The fourth-order valence-corrected chi connectivity index (χ4v) is 2.34. The second-order valence-electron chi connectivity index (χ2n) is 5.60. The van der Waals surface area contributed by atoms with Crippen molar-refractivity contribution >= 4 is 17.5 Å². The van der Waals surface area contributed by atoms with E-state index < -0.39 is 0 Å². The molecule has 0 fully saturated rings. The molecule has 1 rings (SSSR count). The summed E-state index contributed by atoms with van der Waals surface area (Å²) in [6, 6.07) is 5.87. The topological polar surface area (TPSA) is 29.1 Å². The molecule has 1 amide bonds. The van der Waals surface area contributed by atoms with Crippen molar-refractivity contribution in [1.82, 2.24) is 5.32 Å². The van der Waals surface area contributed by atoms with Crippen molar-refractivity contribution in [3.63, 3.8) is 0 Å². The van der Waals surface area contributed by atoms with Crippen LogP contribution in [-0.2, 0) is 0 Å². The van der Waals surface area contributed by atoms with Gasteiger partial charge in [-0.2, -0.15) is 0 Å². The van der Waals surface area contributed by atoms with E-state index in [0.29, 0.717) is 12.4 Å². The lowest BCUT2D eigenvalue weighted by atomic mass is 9.90. The maximum atomic E-state index is 12.1. The van der Waals surface area contributed by atoms with Crippen LogP contribution in [0.2, 0.25) is 0 Å². The molecule has 18 heavy (non-hydrogen) atoms. The Labute approximate surface area is 115 Å². The number of carbonyl (C=O) groups excluding carboxylic acids is 1. The van der Waals surface area contributed by atoms with Gasteiger partial charge in [-0.3, -0.25) is 4.79 Å². The Morgan fingerprint density at radius 1 is 1.33 bits per heavy atom. The molecule has 0 saturated carbocycles. The summed E-state index contributed by atoms with van der Waals surface area (Å²) in [5.41, 5.74) is 2.98. The van der Waals surface area contributed by atoms with Crippen molar-refractivity contribution in [2.45, 2.75) is 34.1 Å². The lowest BCUT2D eigenvalue weighted by Crippen LogP contribution is -2.34. The van der Waals surface area contributed by atoms with E-state index in [-0.39, 0.29) is 11.3 Å². The van der Waals surface area contributed by atoms with Crippen molar-refractivity contribution in [3.8, 4) is 0 Å². The van der Waals surface area contributed by atoms with Crippen LogP contribution >= 0.6 is 11.6 Å². The summed E-state index contributed by atoms with van der Waals surface area (Å²) in [7, 11) is 0. The summed E-state index contributed by atoms with van der Waals surface area (Å²) >= 11 is 5.75. The average molecular weight is 268 g/mol. The summed E-state index contributed by atoms with van der Waals surface area (Å²) in [5.74, 6) is 0.613. The Morgan fingerprint density at radius 3 is 2.56 bits per heavy atom. The second kappa shape index (κ2) is 6.24. The van der Waals surface area contributed by atoms with Gasteiger partial charge in [-0.25, -0.2) is 0 Å². The first-order chi connectivity index (χ1) is 8.35. The van der Waals surface area contributed by atoms with Gasteiger partial charge in [0.25, 0.3) is 5.91 Å². The zero-order chi connectivity index (χ0) is 13.8. The van der Waals surface area contributed by atoms with Crippen LogP contribution in [0.3, 0.4) is 0 Å². The molecule has 0 unspecified atom stereocenters. The molecule has 0 aromatic heterocycles. The van der Waals surface area contributed by atoms with Gasteiger partial charge in [0.1, 0.15) is 0 Å². The maximum absolute atomic E-state index is 12.1. The number of hydrogen-bond donors (Lipinski definition) is 1. The quantitative estimate of drug-likeness (QED) is 0.810. The molecule has 1 aromatic rings. The van der Waals surface area contributed by atoms with Crippen LogP contribution in [0.4, 0.5) is 0 Å². The van der Waals surface area contributed by atoms with Gasteiger partial charge in [-0.15, -0.1) is 11.6 Å². The molecule has 3 heteroatoms. The smallest absolute Gasteiger partial charge is 0.251 e. The second-order valence-corrected chi connectivity index (χ2v) is 5.98. The summed E-state index contributed by atoms with van der Waals surface area (Å²) in [6.07, 6.45) is 0.891. The number of amides is 1. The fraction of sp³-hybridized carbons (Fsp3) is 0.533. The number of aryl methyl sites for hydroxylation is 2. The number of benzene rings is 1. The molecule has 0 radical (unpaired) electrons. The van der Waals surface area contributed by atoms with E-state index in [0.717, 1.165) is 17.5 Å². The third kappa shape index (κ3) is 4.34. The molecular weight excluding hydrogens is 246 g/mol. The average Bonchev–Trinajstić information content (AvgIpc) is 2.26. The van der Waals surface area contributed by atoms with Crippen molar-refractivity contribution in [2.75, 3.05) is 12.4 Å². The van der Waals surface area contributed by atoms with Gasteiger partial charge in [-0.1, -0.05) is 31.5 Å². The first kappa shape index (κ1) is 15.0. The normalized spacial score (nSPS) is 11.4. The van der Waals surface area contributed by atoms with Crippen LogP contribution in [0.5, 0.6) is 0 Å². The molecule has 0 atom stereocenters. The Kier molecular flexibility index (Phi) is 5.21. The monoisotopic (exact) mass is 267 g/mol. The van der Waals surface area contributed by atoms with Crippen LogP contribution in [0.15, 0.2) is 18.2 Å². The Bertz CT molecular complexity index is 427. The Morgan fingerprint density at radius 2 is 2.00 bits per heavy atom. The van der Waals surface area contributed by atoms with Gasteiger partial charge >= 0.3 is 0 Å². The number of halogens is 1. The van der Waals surface area contributed by atoms with Gasteiger partial charge in [0, 0.05) is 18.0 Å². The van der Waals surface area contributed by atoms with E-state index >= 15 is 0 Å². The third-order valence-corrected chi connectivity index (χ3v) is 3.31. The summed E-state index contributed by atoms with van der Waals surface area (Å²) in [6.45, 7) is 8.85. The van der Waals surface area contributed by atoms with E-state index in [1.165, 1.54) is 5.56 Å².